The second-order valence-corrected chi connectivity index (χ2v) is 9.64. The molecule has 1 aliphatic carbocycles. The zero-order valence-electron chi connectivity index (χ0n) is 28.0. The van der Waals surface area contributed by atoms with Gasteiger partial charge in [0, 0.05) is 27.0 Å². The Balaban J connectivity index is 1.60. The second kappa shape index (κ2) is 8.77. The number of fused-ring (bicyclic) bond motifs is 2. The van der Waals surface area contributed by atoms with E-state index in [-0.39, 0.29) is 40.1 Å². The minimum Gasteiger partial charge on any atom is -0.395 e. The lowest BCUT2D eigenvalue weighted by molar-refractivity contribution is -0.286. The van der Waals surface area contributed by atoms with E-state index in [4.69, 9.17) is 11.0 Å². The monoisotopic (exact) mass is 525 g/mol. The first kappa shape index (κ1) is 17.5. The van der Waals surface area contributed by atoms with Crippen molar-refractivity contribution in [1.29, 1.82) is 0 Å². The van der Waals surface area contributed by atoms with Gasteiger partial charge in [-0.25, -0.2) is 4.39 Å². The highest BCUT2D eigenvalue weighted by molar-refractivity contribution is 5.95. The first-order valence-electron chi connectivity index (χ1n) is 15.7. The summed E-state index contributed by atoms with van der Waals surface area (Å²) in [6.45, 7) is -7.43. The van der Waals surface area contributed by atoms with Crippen molar-refractivity contribution in [1.82, 2.24) is 4.57 Å². The van der Waals surface area contributed by atoms with Crippen LogP contribution in [0.2, 0.25) is 0 Å². The average molecular weight is 526 g/mol. The van der Waals surface area contributed by atoms with E-state index in [0.29, 0.717) is 23.0 Å². The summed E-state index contributed by atoms with van der Waals surface area (Å²) >= 11 is 0. The Morgan fingerprint density at radius 1 is 1.27 bits per heavy atom. The van der Waals surface area contributed by atoms with Gasteiger partial charge >= 0.3 is 6.29 Å². The Labute approximate surface area is 223 Å². The third-order valence-electron chi connectivity index (χ3n) is 7.15. The van der Waals surface area contributed by atoms with Gasteiger partial charge in [0.1, 0.15) is 11.6 Å². The van der Waals surface area contributed by atoms with Crippen LogP contribution in [0.1, 0.15) is 67.7 Å². The summed E-state index contributed by atoms with van der Waals surface area (Å²) in [6, 6.07) is 7.18. The molecule has 1 unspecified atom stereocenters. The van der Waals surface area contributed by atoms with Gasteiger partial charge in [0.2, 0.25) is 0 Å². The minimum absolute atomic E-state index is 0.0199. The molecule has 9 heteroatoms. The van der Waals surface area contributed by atoms with Crippen molar-refractivity contribution in [2.24, 2.45) is 0 Å². The number of rotatable bonds is 9. The third kappa shape index (κ3) is 4.48. The van der Waals surface area contributed by atoms with E-state index < -0.39 is 61.1 Å². The molecule has 0 amide bonds. The van der Waals surface area contributed by atoms with Gasteiger partial charge in [-0.1, -0.05) is 26.8 Å². The number of Topliss-reactive ketones (excluding diaryl/α,β-unsaturated/α-hetero) is 1. The largest absolute Gasteiger partial charge is 0.586 e. The number of halogens is 3. The fraction of sp³-hybridized carbons (Fsp3) is 0.464. The van der Waals surface area contributed by atoms with E-state index in [1.807, 2.05) is 0 Å². The van der Waals surface area contributed by atoms with Gasteiger partial charge in [0.05, 0.1) is 36.9 Å². The maximum Gasteiger partial charge on any atom is 0.586 e. The lowest BCUT2D eigenvalue weighted by atomic mass is 9.86. The van der Waals surface area contributed by atoms with Crippen LogP contribution < -0.4 is 9.47 Å². The van der Waals surface area contributed by atoms with Crippen LogP contribution in [0.25, 0.3) is 10.9 Å². The first-order chi connectivity index (χ1) is 20.4. The SMILES string of the molecule is [2H]C([2H])([2H])C(C)(CC)c1cc2cc(CC(=O)C3(c4ccc5c(c4)OC(F)(F)O5)CC3)c(F)cc2n1C([2H])([2H])[C@]([2H])(O)C([2H])([2H])O. The zero-order valence-corrected chi connectivity index (χ0v) is 20.0. The van der Waals surface area contributed by atoms with Crippen LogP contribution in [-0.4, -0.2) is 39.5 Å². The van der Waals surface area contributed by atoms with Crippen molar-refractivity contribution in [2.45, 2.75) is 76.1 Å². The zero-order chi connectivity index (χ0) is 33.8. The molecule has 2 aliphatic rings. The Bertz CT molecular complexity index is 1700. The average Bonchev–Trinajstić information content (AvgIpc) is 3.54. The normalized spacial score (nSPS) is 24.7. The summed E-state index contributed by atoms with van der Waals surface area (Å²) in [5, 5.41) is 20.5. The fourth-order valence-electron chi connectivity index (χ4n) is 4.69. The highest BCUT2D eigenvalue weighted by Gasteiger charge is 2.52. The Morgan fingerprint density at radius 3 is 2.65 bits per heavy atom. The summed E-state index contributed by atoms with van der Waals surface area (Å²) in [4.78, 5) is 13.6. The number of carbonyl (C=O) groups is 1. The summed E-state index contributed by atoms with van der Waals surface area (Å²) < 4.78 is 117. The number of carbonyl (C=O) groups excluding carboxylic acids is 1. The van der Waals surface area contributed by atoms with E-state index in [2.05, 4.69) is 9.47 Å². The molecule has 0 radical (unpaired) electrons. The first-order valence-corrected chi connectivity index (χ1v) is 11.7. The lowest BCUT2D eigenvalue weighted by Gasteiger charge is -2.26. The molecule has 0 bridgehead atoms. The van der Waals surface area contributed by atoms with Gasteiger partial charge in [0.25, 0.3) is 0 Å². The van der Waals surface area contributed by atoms with Crippen molar-refractivity contribution in [3.05, 3.63) is 59.0 Å². The van der Waals surface area contributed by atoms with Crippen LogP contribution in [0.15, 0.2) is 36.4 Å². The molecule has 1 aromatic heterocycles. The molecule has 37 heavy (non-hydrogen) atoms. The molecule has 2 aromatic carbocycles. The fourth-order valence-corrected chi connectivity index (χ4v) is 4.69. The summed E-state index contributed by atoms with van der Waals surface area (Å²) in [5.41, 5.74) is -3.44. The molecule has 2 atom stereocenters. The molecule has 2 heterocycles. The predicted octanol–water partition coefficient (Wildman–Crippen LogP) is 4.99. The third-order valence-corrected chi connectivity index (χ3v) is 7.15. The minimum atomic E-state index is -3.90. The van der Waals surface area contributed by atoms with Crippen LogP contribution in [-0.2, 0) is 28.5 Å². The molecular weight excluding hydrogens is 487 g/mol. The predicted molar refractivity (Wildman–Crippen MR) is 131 cm³/mol. The van der Waals surface area contributed by atoms with Gasteiger partial charge in [-0.15, -0.1) is 8.78 Å². The molecule has 0 spiro atoms. The highest BCUT2D eigenvalue weighted by Crippen LogP contribution is 2.52. The number of ketones is 1. The number of ether oxygens (including phenoxy) is 2. The summed E-state index contributed by atoms with van der Waals surface area (Å²) in [5.74, 6) is -1.92. The smallest absolute Gasteiger partial charge is 0.395 e. The standard InChI is InChI=1S/C28H30F3NO5/c1-4-26(2,3)24-10-17-9-16(20(29)13-21(17)32(24)14-19(34)15-33)11-25(35)27(7-8-27)18-5-6-22-23(12-18)37-28(30,31)36-22/h5-6,9-10,12-13,19,33-34H,4,7-8,11,14-15H2,1-3H3/t19-/m0/s1/i2D3,14D2,15D2,19D/t19-,26?. The van der Waals surface area contributed by atoms with Gasteiger partial charge in [-0.2, -0.15) is 0 Å². The number of aliphatic hydroxyl groups is 2. The van der Waals surface area contributed by atoms with Crippen LogP contribution >= 0.6 is 0 Å². The molecule has 1 saturated carbocycles. The number of hydrogen-bond donors (Lipinski definition) is 2. The van der Waals surface area contributed by atoms with E-state index >= 15 is 4.39 Å². The van der Waals surface area contributed by atoms with Crippen molar-refractivity contribution in [3.8, 4) is 11.5 Å². The molecule has 3 aromatic rings. The van der Waals surface area contributed by atoms with Gasteiger partial charge in [-0.05, 0) is 60.7 Å². The Hall–Kier alpha value is -3.04. The van der Waals surface area contributed by atoms with Crippen molar-refractivity contribution in [2.75, 3.05) is 6.56 Å². The number of nitrogens with zero attached hydrogens (tertiary/aromatic N) is 1. The molecular formula is C28H30F3NO5. The molecule has 5 rings (SSSR count). The summed E-state index contributed by atoms with van der Waals surface area (Å²) in [6.07, 6.45) is -7.66. The molecule has 6 nitrogen and oxygen atoms in total. The Kier molecular flexibility index (Phi) is 4.14. The number of alkyl halides is 2. The lowest BCUT2D eigenvalue weighted by Crippen LogP contribution is -2.26. The molecule has 0 saturated heterocycles. The maximum atomic E-state index is 15.7. The summed E-state index contributed by atoms with van der Waals surface area (Å²) in [7, 11) is 0. The topological polar surface area (TPSA) is 80.9 Å². The van der Waals surface area contributed by atoms with E-state index in [0.717, 1.165) is 6.07 Å². The van der Waals surface area contributed by atoms with Gasteiger partial charge in [-0.3, -0.25) is 4.79 Å². The molecule has 2 N–H and O–H groups in total. The highest BCUT2D eigenvalue weighted by atomic mass is 19.3. The number of hydrogen-bond acceptors (Lipinski definition) is 5. The van der Waals surface area contributed by atoms with Crippen molar-refractivity contribution >= 4 is 16.7 Å². The molecule has 1 aliphatic heterocycles. The van der Waals surface area contributed by atoms with Crippen molar-refractivity contribution in [3.63, 3.8) is 0 Å². The maximum absolute atomic E-state index is 15.7. The molecule has 1 fully saturated rings. The number of aromatic nitrogens is 1. The van der Waals surface area contributed by atoms with Crippen LogP contribution in [0.5, 0.6) is 11.5 Å². The second-order valence-electron chi connectivity index (χ2n) is 9.64. The van der Waals surface area contributed by atoms with Crippen LogP contribution in [0, 0.1) is 5.82 Å². The van der Waals surface area contributed by atoms with E-state index in [9.17, 15) is 23.8 Å². The van der Waals surface area contributed by atoms with Gasteiger partial charge < -0.3 is 24.3 Å². The van der Waals surface area contributed by atoms with Crippen LogP contribution in [0.4, 0.5) is 13.2 Å². The van der Waals surface area contributed by atoms with E-state index in [1.54, 1.807) is 0 Å². The van der Waals surface area contributed by atoms with Gasteiger partial charge in [0.15, 0.2) is 11.5 Å². The Morgan fingerprint density at radius 2 is 2.00 bits per heavy atom. The van der Waals surface area contributed by atoms with E-state index in [1.165, 1.54) is 44.2 Å². The van der Waals surface area contributed by atoms with Crippen molar-refractivity contribution < 1.29 is 48.6 Å². The van der Waals surface area contributed by atoms with Crippen LogP contribution in [0.3, 0.4) is 0 Å². The molecule has 198 valence electrons. The number of benzene rings is 2. The quantitative estimate of drug-likeness (QED) is 0.412.